The summed E-state index contributed by atoms with van der Waals surface area (Å²) in [5, 5.41) is 19.0. The van der Waals surface area contributed by atoms with E-state index in [1.807, 2.05) is 6.08 Å². The summed E-state index contributed by atoms with van der Waals surface area (Å²) in [5.74, 6) is 0.163. The molecule has 1 aromatic carbocycles. The molecule has 1 rings (SSSR count). The Labute approximate surface area is 79.3 Å². The number of aromatic hydroxyl groups is 2. The molecule has 0 aliphatic rings. The lowest BCUT2D eigenvalue weighted by Gasteiger charge is -1.98. The Morgan fingerprint density at radius 3 is 2.67 bits per heavy atom. The van der Waals surface area contributed by atoms with Crippen LogP contribution in [0.15, 0.2) is 24.3 Å². The van der Waals surface area contributed by atoms with Gasteiger partial charge in [0, 0.05) is 17.0 Å². The topological polar surface area (TPSA) is 40.5 Å². The van der Waals surface area contributed by atoms with Gasteiger partial charge in [0.25, 0.3) is 0 Å². The zero-order chi connectivity index (χ0) is 8.97. The summed E-state index contributed by atoms with van der Waals surface area (Å²) in [6.07, 6.45) is 3.65. The van der Waals surface area contributed by atoms with Gasteiger partial charge < -0.3 is 10.2 Å². The molecule has 0 saturated carbocycles. The Morgan fingerprint density at radius 1 is 1.33 bits per heavy atom. The van der Waals surface area contributed by atoms with Crippen LogP contribution in [-0.4, -0.2) is 15.5 Å². The van der Waals surface area contributed by atoms with Crippen LogP contribution < -0.4 is 0 Å². The SMILES string of the molecule is Oc1ccc(C=CCBr)c(O)c1. The molecule has 0 aromatic heterocycles. The number of halogens is 1. The molecule has 0 aliphatic heterocycles. The van der Waals surface area contributed by atoms with Crippen molar-refractivity contribution in [1.82, 2.24) is 0 Å². The first kappa shape index (κ1) is 9.13. The van der Waals surface area contributed by atoms with Crippen LogP contribution >= 0.6 is 15.9 Å². The van der Waals surface area contributed by atoms with Crippen molar-refractivity contribution in [2.75, 3.05) is 5.33 Å². The van der Waals surface area contributed by atoms with Gasteiger partial charge in [-0.25, -0.2) is 0 Å². The van der Waals surface area contributed by atoms with Crippen molar-refractivity contribution in [1.29, 1.82) is 0 Å². The monoisotopic (exact) mass is 228 g/mol. The van der Waals surface area contributed by atoms with Crippen LogP contribution in [0.4, 0.5) is 0 Å². The van der Waals surface area contributed by atoms with Crippen molar-refractivity contribution in [3.63, 3.8) is 0 Å². The Balaban J connectivity index is 2.94. The molecule has 0 amide bonds. The number of hydrogen-bond donors (Lipinski definition) is 2. The second kappa shape index (κ2) is 4.16. The zero-order valence-corrected chi connectivity index (χ0v) is 7.95. The van der Waals surface area contributed by atoms with Gasteiger partial charge in [0.15, 0.2) is 0 Å². The van der Waals surface area contributed by atoms with Crippen LogP contribution in [-0.2, 0) is 0 Å². The maximum atomic E-state index is 9.29. The quantitative estimate of drug-likeness (QED) is 0.765. The van der Waals surface area contributed by atoms with E-state index in [9.17, 15) is 5.11 Å². The highest BCUT2D eigenvalue weighted by molar-refractivity contribution is 9.09. The number of allylic oxidation sites excluding steroid dienone is 1. The maximum Gasteiger partial charge on any atom is 0.126 e. The summed E-state index contributed by atoms with van der Waals surface area (Å²) < 4.78 is 0. The first-order valence-corrected chi connectivity index (χ1v) is 4.60. The van der Waals surface area contributed by atoms with E-state index < -0.39 is 0 Å². The van der Waals surface area contributed by atoms with Gasteiger partial charge in [0.2, 0.25) is 0 Å². The third-order valence-corrected chi connectivity index (χ3v) is 1.77. The highest BCUT2D eigenvalue weighted by Crippen LogP contribution is 2.23. The van der Waals surface area contributed by atoms with E-state index in [1.165, 1.54) is 12.1 Å². The average Bonchev–Trinajstić information content (AvgIpc) is 2.03. The van der Waals surface area contributed by atoms with E-state index >= 15 is 0 Å². The first-order valence-electron chi connectivity index (χ1n) is 3.48. The number of alkyl halides is 1. The highest BCUT2D eigenvalue weighted by atomic mass is 79.9. The van der Waals surface area contributed by atoms with Gasteiger partial charge in [-0.3, -0.25) is 0 Å². The van der Waals surface area contributed by atoms with Gasteiger partial charge in [-0.05, 0) is 12.1 Å². The van der Waals surface area contributed by atoms with Crippen LogP contribution in [0.2, 0.25) is 0 Å². The average molecular weight is 229 g/mol. The number of rotatable bonds is 2. The van der Waals surface area contributed by atoms with Gasteiger partial charge >= 0.3 is 0 Å². The van der Waals surface area contributed by atoms with Crippen molar-refractivity contribution < 1.29 is 10.2 Å². The zero-order valence-electron chi connectivity index (χ0n) is 6.37. The van der Waals surface area contributed by atoms with Crippen LogP contribution in [0, 0.1) is 0 Å². The first-order chi connectivity index (χ1) is 5.74. The molecule has 0 fully saturated rings. The summed E-state index contributed by atoms with van der Waals surface area (Å²) in [7, 11) is 0. The fraction of sp³-hybridized carbons (Fsp3) is 0.111. The second-order valence-electron chi connectivity index (χ2n) is 2.30. The largest absolute Gasteiger partial charge is 0.508 e. The van der Waals surface area contributed by atoms with Crippen molar-refractivity contribution >= 4 is 22.0 Å². The van der Waals surface area contributed by atoms with E-state index in [1.54, 1.807) is 12.1 Å². The molecule has 0 unspecified atom stereocenters. The fourth-order valence-corrected chi connectivity index (χ4v) is 1.03. The number of phenolic OH excluding ortho intramolecular Hbond substituents is 2. The smallest absolute Gasteiger partial charge is 0.126 e. The number of benzene rings is 1. The van der Waals surface area contributed by atoms with Crippen LogP contribution in [0.25, 0.3) is 6.08 Å². The minimum atomic E-state index is 0.0727. The molecular formula is C9H9BrO2. The molecular weight excluding hydrogens is 220 g/mol. The molecule has 2 N–H and O–H groups in total. The summed E-state index contributed by atoms with van der Waals surface area (Å²) in [4.78, 5) is 0. The molecule has 12 heavy (non-hydrogen) atoms. The number of hydrogen-bond acceptors (Lipinski definition) is 2. The van der Waals surface area contributed by atoms with Gasteiger partial charge in [-0.1, -0.05) is 28.1 Å². The molecule has 0 heterocycles. The molecule has 3 heteroatoms. The van der Waals surface area contributed by atoms with Crippen LogP contribution in [0.1, 0.15) is 5.56 Å². The molecule has 0 radical (unpaired) electrons. The molecule has 0 spiro atoms. The molecule has 0 saturated heterocycles. The van der Waals surface area contributed by atoms with Gasteiger partial charge in [-0.2, -0.15) is 0 Å². The molecule has 0 bridgehead atoms. The standard InChI is InChI=1S/C9H9BrO2/c10-5-1-2-7-3-4-8(11)6-9(7)12/h1-4,6,11-12H,5H2. The van der Waals surface area contributed by atoms with Gasteiger partial charge in [0.1, 0.15) is 11.5 Å². The second-order valence-corrected chi connectivity index (χ2v) is 2.95. The molecule has 1 aromatic rings. The van der Waals surface area contributed by atoms with E-state index in [2.05, 4.69) is 15.9 Å². The van der Waals surface area contributed by atoms with Crippen molar-refractivity contribution in [2.45, 2.75) is 0 Å². The summed E-state index contributed by atoms with van der Waals surface area (Å²) in [5.41, 5.74) is 0.701. The lowest BCUT2D eigenvalue weighted by Crippen LogP contribution is -1.74. The summed E-state index contributed by atoms with van der Waals surface area (Å²) in [6, 6.07) is 4.51. The Bertz CT molecular complexity index is 295. The molecule has 64 valence electrons. The number of phenols is 2. The Kier molecular flexibility index (Phi) is 3.17. The van der Waals surface area contributed by atoms with Crippen molar-refractivity contribution in [3.8, 4) is 11.5 Å². The summed E-state index contributed by atoms with van der Waals surface area (Å²) >= 11 is 3.23. The Morgan fingerprint density at radius 2 is 2.08 bits per heavy atom. The van der Waals surface area contributed by atoms with Gasteiger partial charge in [0.05, 0.1) is 0 Å². The van der Waals surface area contributed by atoms with Crippen molar-refractivity contribution in [3.05, 3.63) is 29.8 Å². The van der Waals surface area contributed by atoms with E-state index in [0.717, 1.165) is 5.33 Å². The van der Waals surface area contributed by atoms with Crippen LogP contribution in [0.3, 0.4) is 0 Å². The predicted octanol–water partition coefficient (Wildman–Crippen LogP) is 2.51. The molecule has 2 nitrogen and oxygen atoms in total. The summed E-state index contributed by atoms with van der Waals surface area (Å²) in [6.45, 7) is 0. The minimum Gasteiger partial charge on any atom is -0.508 e. The van der Waals surface area contributed by atoms with Crippen LogP contribution in [0.5, 0.6) is 11.5 Å². The fourth-order valence-electron chi connectivity index (χ4n) is 0.845. The third kappa shape index (κ3) is 2.27. The van der Waals surface area contributed by atoms with E-state index in [0.29, 0.717) is 5.56 Å². The van der Waals surface area contributed by atoms with E-state index in [4.69, 9.17) is 5.11 Å². The third-order valence-electron chi connectivity index (χ3n) is 1.40. The minimum absolute atomic E-state index is 0.0727. The maximum absolute atomic E-state index is 9.29. The van der Waals surface area contributed by atoms with E-state index in [-0.39, 0.29) is 11.5 Å². The molecule has 0 atom stereocenters. The lowest BCUT2D eigenvalue weighted by atomic mass is 10.2. The van der Waals surface area contributed by atoms with Gasteiger partial charge in [-0.15, -0.1) is 0 Å². The highest BCUT2D eigenvalue weighted by Gasteiger charge is 1.96. The van der Waals surface area contributed by atoms with Crippen molar-refractivity contribution in [2.24, 2.45) is 0 Å². The normalized spacial score (nSPS) is 10.8. The Hall–Kier alpha value is -0.960. The lowest BCUT2D eigenvalue weighted by molar-refractivity contribution is 0.450. The predicted molar refractivity (Wildman–Crippen MR) is 52.6 cm³/mol. The molecule has 0 aliphatic carbocycles.